The molecule has 0 unspecified atom stereocenters. The Bertz CT molecular complexity index is 1760. The number of nitriles is 1. The number of nitrogens with one attached hydrogen (secondary N) is 1. The van der Waals surface area contributed by atoms with Gasteiger partial charge in [-0.05, 0) is 18.2 Å². The van der Waals surface area contributed by atoms with Crippen LogP contribution in [0.25, 0.3) is 16.9 Å². The Hall–Kier alpha value is -4.68. The number of carbonyl (C=O) groups excluding carboxylic acids is 2. The molecule has 0 atom stereocenters. The fraction of sp³-hybridized carbons (Fsp3) is 0.357. The zero-order chi connectivity index (χ0) is 31.8. The largest absolute Gasteiger partial charge is 0.435 e. The lowest BCUT2D eigenvalue weighted by molar-refractivity contribution is -0.862. The molecule has 3 aromatic heterocycles. The lowest BCUT2D eigenvalue weighted by atomic mass is 10.1. The first-order valence-electron chi connectivity index (χ1n) is 13.5. The summed E-state index contributed by atoms with van der Waals surface area (Å²) in [4.78, 5) is 37.8. The monoisotopic (exact) mass is 629 g/mol. The van der Waals surface area contributed by atoms with E-state index >= 15 is 0 Å². The summed E-state index contributed by atoms with van der Waals surface area (Å²) in [5, 5.41) is 15.7. The third-order valence-corrected chi connectivity index (χ3v) is 7.27. The molecule has 0 saturated carbocycles. The van der Waals surface area contributed by atoms with Crippen molar-refractivity contribution in [3.8, 4) is 17.3 Å². The quantitative estimate of drug-likeness (QED) is 0.310. The van der Waals surface area contributed by atoms with E-state index in [-0.39, 0.29) is 46.1 Å². The number of hydrogen-bond acceptors (Lipinski definition) is 7. The van der Waals surface area contributed by atoms with Gasteiger partial charge in [-0.2, -0.15) is 23.5 Å². The number of aromatic nitrogens is 5. The standard InChI is InChI=1S/C28H28ClF3N10O2/c1-42(2,3)17-23(43)38-10-12-39(13-11-38)27(44)19-5-4-18(14-21(19)29)36-25-26-35-15-22(41(26)9-7-34-25)20-16-40(8-6-33)37-24(20)28(30,31)32/h4-5,7,9,14-16H,8,10-13,17H2,1-3H3/p+1. The first-order valence-corrected chi connectivity index (χ1v) is 13.9. The molecule has 5 rings (SSSR count). The molecule has 0 bridgehead atoms. The van der Waals surface area contributed by atoms with E-state index in [2.05, 4.69) is 20.4 Å². The van der Waals surface area contributed by atoms with Crippen molar-refractivity contribution >= 4 is 40.6 Å². The van der Waals surface area contributed by atoms with Crippen molar-refractivity contribution < 1.29 is 27.2 Å². The highest BCUT2D eigenvalue weighted by atomic mass is 35.5. The van der Waals surface area contributed by atoms with Gasteiger partial charge in [0.1, 0.15) is 6.54 Å². The van der Waals surface area contributed by atoms with Crippen molar-refractivity contribution in [2.24, 2.45) is 0 Å². The van der Waals surface area contributed by atoms with E-state index in [1.54, 1.807) is 34.1 Å². The van der Waals surface area contributed by atoms with E-state index in [1.807, 2.05) is 21.1 Å². The molecule has 0 radical (unpaired) electrons. The first kappa shape index (κ1) is 30.8. The van der Waals surface area contributed by atoms with Crippen LogP contribution in [0.15, 0.2) is 43.0 Å². The lowest BCUT2D eigenvalue weighted by Crippen LogP contribution is -2.54. The first-order chi connectivity index (χ1) is 20.7. The highest BCUT2D eigenvalue weighted by Gasteiger charge is 2.38. The highest BCUT2D eigenvalue weighted by Crippen LogP contribution is 2.37. The number of nitrogens with zero attached hydrogens (tertiary/aromatic N) is 9. The van der Waals surface area contributed by atoms with Crippen molar-refractivity contribution in [1.29, 1.82) is 5.26 Å². The molecule has 4 heterocycles. The minimum atomic E-state index is -4.75. The number of anilines is 2. The van der Waals surface area contributed by atoms with Crippen molar-refractivity contribution in [1.82, 2.24) is 33.9 Å². The predicted octanol–water partition coefficient (Wildman–Crippen LogP) is 3.52. The van der Waals surface area contributed by atoms with Gasteiger partial charge in [0.25, 0.3) is 11.8 Å². The van der Waals surface area contributed by atoms with Gasteiger partial charge in [-0.15, -0.1) is 0 Å². The summed E-state index contributed by atoms with van der Waals surface area (Å²) in [6.45, 7) is 1.68. The SMILES string of the molecule is C[N+](C)(C)CC(=O)N1CCN(C(=O)c2ccc(Nc3nccn4c(-c5cn(CC#N)nc5C(F)(F)F)cnc34)cc2Cl)CC1. The summed E-state index contributed by atoms with van der Waals surface area (Å²) in [6.07, 6.45) is 0.546. The minimum Gasteiger partial charge on any atom is -0.337 e. The van der Waals surface area contributed by atoms with E-state index < -0.39 is 11.9 Å². The summed E-state index contributed by atoms with van der Waals surface area (Å²) >= 11 is 6.52. The maximum Gasteiger partial charge on any atom is 0.435 e. The van der Waals surface area contributed by atoms with Gasteiger partial charge in [-0.3, -0.25) is 18.7 Å². The Morgan fingerprint density at radius 3 is 2.45 bits per heavy atom. The fourth-order valence-electron chi connectivity index (χ4n) is 4.92. The van der Waals surface area contributed by atoms with Crippen molar-refractivity contribution in [3.63, 3.8) is 0 Å². The van der Waals surface area contributed by atoms with Gasteiger partial charge in [-0.1, -0.05) is 11.6 Å². The van der Waals surface area contributed by atoms with Crippen LogP contribution in [0.3, 0.4) is 0 Å². The third-order valence-electron chi connectivity index (χ3n) is 6.96. The Labute approximate surface area is 255 Å². The van der Waals surface area contributed by atoms with Crippen LogP contribution in [0.2, 0.25) is 5.02 Å². The molecule has 1 saturated heterocycles. The molecular weight excluding hydrogens is 601 g/mol. The van der Waals surface area contributed by atoms with Gasteiger partial charge in [0.05, 0.1) is 55.3 Å². The number of fused-ring (bicyclic) bond motifs is 1. The van der Waals surface area contributed by atoms with Crippen LogP contribution in [-0.4, -0.2) is 104 Å². The molecular formula is C28H29ClF3N10O2+. The van der Waals surface area contributed by atoms with E-state index in [4.69, 9.17) is 16.9 Å². The van der Waals surface area contributed by atoms with Gasteiger partial charge in [0.2, 0.25) is 0 Å². The second kappa shape index (κ2) is 11.8. The normalized spacial score (nSPS) is 14.1. The van der Waals surface area contributed by atoms with E-state index in [0.717, 1.165) is 10.9 Å². The minimum absolute atomic E-state index is 0.0427. The number of likely N-dealkylation sites (N-methyl/N-ethyl adjacent to an activating group) is 1. The van der Waals surface area contributed by atoms with Crippen LogP contribution < -0.4 is 5.32 Å². The molecule has 2 amide bonds. The van der Waals surface area contributed by atoms with Crippen molar-refractivity contribution in [3.05, 3.63) is 59.3 Å². The zero-order valence-electron chi connectivity index (χ0n) is 24.1. The number of carbonyl (C=O) groups is 2. The van der Waals surface area contributed by atoms with Crippen LogP contribution >= 0.6 is 11.6 Å². The molecule has 0 spiro atoms. The van der Waals surface area contributed by atoms with Crippen LogP contribution in [0.1, 0.15) is 16.1 Å². The number of halogens is 4. The summed E-state index contributed by atoms with van der Waals surface area (Å²) < 4.78 is 44.1. The molecule has 0 aliphatic carbocycles. The Kier molecular flexibility index (Phi) is 8.23. The smallest absolute Gasteiger partial charge is 0.337 e. The maximum atomic E-state index is 13.7. The average molecular weight is 630 g/mol. The molecule has 230 valence electrons. The summed E-state index contributed by atoms with van der Waals surface area (Å²) in [5.41, 5.74) is -0.248. The molecule has 1 fully saturated rings. The number of amides is 2. The van der Waals surface area contributed by atoms with Crippen molar-refractivity contribution in [2.75, 3.05) is 59.2 Å². The molecule has 1 aliphatic heterocycles. The molecule has 1 aromatic carbocycles. The second-order valence-corrected chi connectivity index (χ2v) is 11.7. The number of imidazole rings is 1. The second-order valence-electron chi connectivity index (χ2n) is 11.3. The van der Waals surface area contributed by atoms with Crippen molar-refractivity contribution in [2.45, 2.75) is 12.7 Å². The molecule has 12 nitrogen and oxygen atoms in total. The van der Waals surface area contributed by atoms with Crippen LogP contribution in [0, 0.1) is 11.3 Å². The number of hydrogen-bond donors (Lipinski definition) is 1. The maximum absolute atomic E-state index is 13.7. The Balaban J connectivity index is 1.33. The fourth-order valence-corrected chi connectivity index (χ4v) is 5.18. The van der Waals surface area contributed by atoms with E-state index in [1.165, 1.54) is 23.0 Å². The van der Waals surface area contributed by atoms with E-state index in [0.29, 0.717) is 48.5 Å². The van der Waals surface area contributed by atoms with E-state index in [9.17, 15) is 22.8 Å². The molecule has 1 N–H and O–H groups in total. The predicted molar refractivity (Wildman–Crippen MR) is 155 cm³/mol. The molecule has 4 aromatic rings. The average Bonchev–Trinajstić information content (AvgIpc) is 3.57. The number of rotatable bonds is 7. The van der Waals surface area contributed by atoms with Crippen LogP contribution in [-0.2, 0) is 17.5 Å². The number of alkyl halides is 3. The molecule has 1 aliphatic rings. The third kappa shape index (κ3) is 6.46. The number of benzene rings is 1. The molecule has 44 heavy (non-hydrogen) atoms. The summed E-state index contributed by atoms with van der Waals surface area (Å²) in [7, 11) is 5.84. The highest BCUT2D eigenvalue weighted by molar-refractivity contribution is 6.34. The molecule has 16 heteroatoms. The van der Waals surface area contributed by atoms with Crippen LogP contribution in [0.5, 0.6) is 0 Å². The summed E-state index contributed by atoms with van der Waals surface area (Å²) in [6, 6.07) is 6.56. The van der Waals surface area contributed by atoms with Gasteiger partial charge in [0.15, 0.2) is 23.7 Å². The van der Waals surface area contributed by atoms with Gasteiger partial charge < -0.3 is 19.6 Å². The topological polar surface area (TPSA) is 124 Å². The zero-order valence-corrected chi connectivity index (χ0v) is 24.9. The van der Waals surface area contributed by atoms with Gasteiger partial charge >= 0.3 is 6.18 Å². The Morgan fingerprint density at radius 2 is 1.82 bits per heavy atom. The number of piperazine rings is 1. The van der Waals surface area contributed by atoms with Gasteiger partial charge in [0, 0.05) is 50.5 Å². The van der Waals surface area contributed by atoms with Crippen LogP contribution in [0.4, 0.5) is 24.7 Å². The lowest BCUT2D eigenvalue weighted by Gasteiger charge is -2.36. The Morgan fingerprint density at radius 1 is 1.11 bits per heavy atom. The van der Waals surface area contributed by atoms with Gasteiger partial charge in [-0.25, -0.2) is 9.97 Å². The summed E-state index contributed by atoms with van der Waals surface area (Å²) in [5.74, 6) is 0.0264. The number of quaternary nitrogens is 1.